The van der Waals surface area contributed by atoms with Gasteiger partial charge in [0, 0.05) is 22.0 Å². The summed E-state index contributed by atoms with van der Waals surface area (Å²) in [6, 6.07) is 3.48. The van der Waals surface area contributed by atoms with Crippen molar-refractivity contribution in [3.05, 3.63) is 38.8 Å². The number of carboxylic acid groups (broad SMARTS) is 1. The first kappa shape index (κ1) is 14.0. The zero-order chi connectivity index (χ0) is 14.0. The molecule has 2 heterocycles. The second-order valence-electron chi connectivity index (χ2n) is 4.16. The number of carbonyl (C=O) groups is 1. The highest BCUT2D eigenvalue weighted by Crippen LogP contribution is 2.25. The minimum atomic E-state index is -0.875. The maximum absolute atomic E-state index is 10.8. The molecular weight excluding hydrogens is 280 g/mol. The highest BCUT2D eigenvalue weighted by molar-refractivity contribution is 7.98. The molecule has 4 nitrogen and oxygen atoms in total. The summed E-state index contributed by atoms with van der Waals surface area (Å²) in [5.41, 5.74) is 3.11. The number of nitrogens with zero attached hydrogens (tertiary/aromatic N) is 2. The van der Waals surface area contributed by atoms with Crippen LogP contribution in [0.4, 0.5) is 0 Å². The Bertz CT molecular complexity index is 600. The normalized spacial score (nSPS) is 10.7. The average molecular weight is 294 g/mol. The second-order valence-corrected chi connectivity index (χ2v) is 6.27. The molecule has 0 radical (unpaired) electrons. The van der Waals surface area contributed by atoms with Gasteiger partial charge in [0.25, 0.3) is 0 Å². The van der Waals surface area contributed by atoms with E-state index in [1.807, 2.05) is 26.8 Å². The van der Waals surface area contributed by atoms with Gasteiger partial charge in [-0.1, -0.05) is 11.8 Å². The van der Waals surface area contributed by atoms with Gasteiger partial charge in [0.15, 0.2) is 5.16 Å². The van der Waals surface area contributed by atoms with Crippen LogP contribution in [0.1, 0.15) is 31.5 Å². The highest BCUT2D eigenvalue weighted by Gasteiger charge is 2.09. The Morgan fingerprint density at radius 3 is 2.42 bits per heavy atom. The van der Waals surface area contributed by atoms with Crippen LogP contribution in [0.15, 0.2) is 17.3 Å². The summed E-state index contributed by atoms with van der Waals surface area (Å²) < 4.78 is 0. The van der Waals surface area contributed by atoms with Crippen molar-refractivity contribution in [1.29, 1.82) is 0 Å². The minimum absolute atomic E-state index is 0.368. The van der Waals surface area contributed by atoms with Gasteiger partial charge in [0.1, 0.15) is 4.88 Å². The monoisotopic (exact) mass is 294 g/mol. The Balaban J connectivity index is 2.08. The smallest absolute Gasteiger partial charge is 0.345 e. The standard InChI is InChI=1S/C13H14N2O2S2/c1-7-8(2)14-13(15-9(7)3)18-6-10-4-5-11(19-10)12(16)17/h4-5H,6H2,1-3H3,(H,16,17). The molecule has 0 aliphatic heterocycles. The Hall–Kier alpha value is -1.40. The molecule has 2 aromatic rings. The number of thioether (sulfide) groups is 1. The van der Waals surface area contributed by atoms with Crippen molar-refractivity contribution < 1.29 is 9.90 Å². The van der Waals surface area contributed by atoms with Gasteiger partial charge >= 0.3 is 5.97 Å². The number of hydrogen-bond acceptors (Lipinski definition) is 5. The number of rotatable bonds is 4. The van der Waals surface area contributed by atoms with Crippen molar-refractivity contribution in [2.24, 2.45) is 0 Å². The molecule has 6 heteroatoms. The SMILES string of the molecule is Cc1nc(SCc2ccc(C(=O)O)s2)nc(C)c1C. The number of hydrogen-bond donors (Lipinski definition) is 1. The van der Waals surface area contributed by atoms with Crippen molar-refractivity contribution in [3.63, 3.8) is 0 Å². The molecule has 0 atom stereocenters. The van der Waals surface area contributed by atoms with Crippen LogP contribution in [-0.4, -0.2) is 21.0 Å². The maximum atomic E-state index is 10.8. The van der Waals surface area contributed by atoms with E-state index in [0.717, 1.165) is 27.0 Å². The topological polar surface area (TPSA) is 63.1 Å². The molecule has 0 saturated carbocycles. The Morgan fingerprint density at radius 2 is 1.89 bits per heavy atom. The van der Waals surface area contributed by atoms with E-state index in [-0.39, 0.29) is 0 Å². The molecule has 0 bridgehead atoms. The predicted molar refractivity (Wildman–Crippen MR) is 77.1 cm³/mol. The number of thiophene rings is 1. The predicted octanol–water partition coefficient (Wildman–Crippen LogP) is 3.45. The summed E-state index contributed by atoms with van der Waals surface area (Å²) in [5.74, 6) is -0.181. The van der Waals surface area contributed by atoms with Crippen LogP contribution in [0.5, 0.6) is 0 Å². The van der Waals surface area contributed by atoms with E-state index in [1.54, 1.807) is 6.07 Å². The van der Waals surface area contributed by atoms with Gasteiger partial charge in [-0.25, -0.2) is 14.8 Å². The molecule has 0 spiro atoms. The lowest BCUT2D eigenvalue weighted by atomic mass is 10.2. The van der Waals surface area contributed by atoms with Crippen molar-refractivity contribution in [1.82, 2.24) is 9.97 Å². The van der Waals surface area contributed by atoms with Crippen LogP contribution >= 0.6 is 23.1 Å². The van der Waals surface area contributed by atoms with Gasteiger partial charge < -0.3 is 5.11 Å². The van der Waals surface area contributed by atoms with Gasteiger partial charge in [-0.2, -0.15) is 0 Å². The summed E-state index contributed by atoms with van der Waals surface area (Å²) >= 11 is 2.83. The van der Waals surface area contributed by atoms with Crippen LogP contribution in [0.2, 0.25) is 0 Å². The highest BCUT2D eigenvalue weighted by atomic mass is 32.2. The number of aromatic nitrogens is 2. The lowest BCUT2D eigenvalue weighted by molar-refractivity contribution is 0.0702. The van der Waals surface area contributed by atoms with Crippen molar-refractivity contribution in [3.8, 4) is 0 Å². The fraction of sp³-hybridized carbons (Fsp3) is 0.308. The molecule has 0 aliphatic carbocycles. The summed E-state index contributed by atoms with van der Waals surface area (Å²) in [6.45, 7) is 5.96. The first-order valence-corrected chi connectivity index (χ1v) is 7.54. The third-order valence-electron chi connectivity index (χ3n) is 2.83. The van der Waals surface area contributed by atoms with Crippen LogP contribution in [0.25, 0.3) is 0 Å². The van der Waals surface area contributed by atoms with Crippen molar-refractivity contribution in [2.45, 2.75) is 31.7 Å². The third-order valence-corrected chi connectivity index (χ3v) is 4.98. The summed E-state index contributed by atoms with van der Waals surface area (Å²) in [7, 11) is 0. The molecule has 0 aliphatic rings. The van der Waals surface area contributed by atoms with Crippen LogP contribution in [0.3, 0.4) is 0 Å². The van der Waals surface area contributed by atoms with Crippen LogP contribution < -0.4 is 0 Å². The number of carboxylic acids is 1. The van der Waals surface area contributed by atoms with E-state index in [4.69, 9.17) is 5.11 Å². The van der Waals surface area contributed by atoms with Gasteiger partial charge in [0.2, 0.25) is 0 Å². The van der Waals surface area contributed by atoms with E-state index in [1.165, 1.54) is 23.1 Å². The van der Waals surface area contributed by atoms with Gasteiger partial charge in [-0.15, -0.1) is 11.3 Å². The Labute approximate surface area is 119 Å². The van der Waals surface area contributed by atoms with Crippen LogP contribution in [0, 0.1) is 20.8 Å². The van der Waals surface area contributed by atoms with Gasteiger partial charge in [-0.3, -0.25) is 0 Å². The lowest BCUT2D eigenvalue weighted by Crippen LogP contribution is -1.97. The summed E-state index contributed by atoms with van der Waals surface area (Å²) in [4.78, 5) is 21.0. The molecule has 19 heavy (non-hydrogen) atoms. The quantitative estimate of drug-likeness (QED) is 0.691. The van der Waals surface area contributed by atoms with E-state index >= 15 is 0 Å². The van der Waals surface area contributed by atoms with Gasteiger partial charge in [0.05, 0.1) is 0 Å². The fourth-order valence-corrected chi connectivity index (χ4v) is 3.34. The Morgan fingerprint density at radius 1 is 1.26 bits per heavy atom. The summed E-state index contributed by atoms with van der Waals surface area (Å²) in [6.07, 6.45) is 0. The molecule has 2 aromatic heterocycles. The molecule has 100 valence electrons. The largest absolute Gasteiger partial charge is 0.477 e. The van der Waals surface area contributed by atoms with Gasteiger partial charge in [-0.05, 0) is 38.5 Å². The first-order chi connectivity index (χ1) is 8.97. The van der Waals surface area contributed by atoms with E-state index in [9.17, 15) is 4.79 Å². The molecule has 0 unspecified atom stereocenters. The number of aryl methyl sites for hydroxylation is 2. The molecule has 0 saturated heterocycles. The van der Waals surface area contributed by atoms with Crippen molar-refractivity contribution >= 4 is 29.1 Å². The molecule has 2 rings (SSSR count). The van der Waals surface area contributed by atoms with Crippen molar-refractivity contribution in [2.75, 3.05) is 0 Å². The zero-order valence-electron chi connectivity index (χ0n) is 10.9. The molecule has 0 fully saturated rings. The molecule has 0 amide bonds. The summed E-state index contributed by atoms with van der Waals surface area (Å²) in [5, 5.41) is 9.61. The molecular formula is C13H14N2O2S2. The second kappa shape index (κ2) is 5.71. The van der Waals surface area contributed by atoms with Crippen LogP contribution in [-0.2, 0) is 5.75 Å². The minimum Gasteiger partial charge on any atom is -0.477 e. The average Bonchev–Trinajstić information content (AvgIpc) is 2.82. The lowest BCUT2D eigenvalue weighted by Gasteiger charge is -2.05. The first-order valence-electron chi connectivity index (χ1n) is 5.74. The third kappa shape index (κ3) is 3.33. The fourth-order valence-electron chi connectivity index (χ4n) is 1.51. The van der Waals surface area contributed by atoms with E-state index in [0.29, 0.717) is 10.6 Å². The van der Waals surface area contributed by atoms with E-state index in [2.05, 4.69) is 9.97 Å². The molecule has 0 aromatic carbocycles. The Kier molecular flexibility index (Phi) is 4.21. The molecule has 1 N–H and O–H groups in total. The van der Waals surface area contributed by atoms with E-state index < -0.39 is 5.97 Å². The zero-order valence-corrected chi connectivity index (χ0v) is 12.6. The maximum Gasteiger partial charge on any atom is 0.345 e. The number of aromatic carboxylic acids is 1.